The Morgan fingerprint density at radius 3 is 2.66 bits per heavy atom. The van der Waals surface area contributed by atoms with Gasteiger partial charge in [-0.25, -0.2) is 19.0 Å². The van der Waals surface area contributed by atoms with Crippen molar-refractivity contribution in [2.75, 3.05) is 12.1 Å². The number of ether oxygens (including phenoxy) is 2. The van der Waals surface area contributed by atoms with Gasteiger partial charge in [0, 0.05) is 31.0 Å². The van der Waals surface area contributed by atoms with Gasteiger partial charge >= 0.3 is 0 Å². The molecule has 6 rings (SSSR count). The number of hydrogen-bond acceptors (Lipinski definition) is 6. The number of aromatic nitrogens is 4. The fourth-order valence-corrected chi connectivity index (χ4v) is 4.21. The molecule has 0 aliphatic carbocycles. The van der Waals surface area contributed by atoms with Crippen LogP contribution in [0.25, 0.3) is 22.5 Å². The molecule has 0 bridgehead atoms. The molecule has 0 saturated carbocycles. The molecule has 4 heterocycles. The predicted octanol–water partition coefficient (Wildman–Crippen LogP) is 3.79. The summed E-state index contributed by atoms with van der Waals surface area (Å²) in [4.78, 5) is 22.2. The zero-order valence-electron chi connectivity index (χ0n) is 16.9. The van der Waals surface area contributed by atoms with Crippen molar-refractivity contribution in [3.05, 3.63) is 70.9 Å². The van der Waals surface area contributed by atoms with Crippen LogP contribution in [0.1, 0.15) is 6.42 Å². The number of fused-ring (bicyclic) bond motifs is 2. The highest BCUT2D eigenvalue weighted by molar-refractivity contribution is 5.79. The molecule has 0 amide bonds. The highest BCUT2D eigenvalue weighted by Crippen LogP contribution is 2.35. The maximum absolute atomic E-state index is 13.5. The van der Waals surface area contributed by atoms with Crippen LogP contribution in [0, 0.1) is 5.82 Å². The molecule has 32 heavy (non-hydrogen) atoms. The Morgan fingerprint density at radius 2 is 1.78 bits per heavy atom. The summed E-state index contributed by atoms with van der Waals surface area (Å²) in [6.07, 6.45) is 2.52. The number of anilines is 2. The van der Waals surface area contributed by atoms with E-state index in [4.69, 9.17) is 9.47 Å². The third-order valence-electron chi connectivity index (χ3n) is 5.63. The monoisotopic (exact) mass is 431 g/mol. The van der Waals surface area contributed by atoms with Crippen molar-refractivity contribution in [3.8, 4) is 34.0 Å². The van der Waals surface area contributed by atoms with E-state index in [1.165, 1.54) is 12.1 Å². The lowest BCUT2D eigenvalue weighted by molar-refractivity contribution is 0.174. The third kappa shape index (κ3) is 3.01. The van der Waals surface area contributed by atoms with Gasteiger partial charge in [-0.15, -0.1) is 0 Å². The first-order chi connectivity index (χ1) is 15.7. The summed E-state index contributed by atoms with van der Waals surface area (Å²) in [6, 6.07) is 13.2. The molecule has 2 aromatic carbocycles. The lowest BCUT2D eigenvalue weighted by atomic mass is 10.0. The van der Waals surface area contributed by atoms with Crippen LogP contribution >= 0.6 is 0 Å². The van der Waals surface area contributed by atoms with E-state index in [2.05, 4.69) is 15.3 Å². The summed E-state index contributed by atoms with van der Waals surface area (Å²) in [6.45, 7) is 1.55. The molecule has 1 N–H and O–H groups in total. The fourth-order valence-electron chi connectivity index (χ4n) is 4.21. The quantitative estimate of drug-likeness (QED) is 0.529. The van der Waals surface area contributed by atoms with Crippen LogP contribution in [0.2, 0.25) is 0 Å². The second kappa shape index (κ2) is 7.23. The van der Waals surface area contributed by atoms with Gasteiger partial charge in [-0.1, -0.05) is 12.1 Å². The van der Waals surface area contributed by atoms with E-state index in [9.17, 15) is 9.18 Å². The highest BCUT2D eigenvalue weighted by Gasteiger charge is 2.26. The maximum Gasteiger partial charge on any atom is 0.275 e. The first kappa shape index (κ1) is 18.6. The van der Waals surface area contributed by atoms with Crippen LogP contribution in [0.15, 0.2) is 59.5 Å². The summed E-state index contributed by atoms with van der Waals surface area (Å²) in [5.74, 6) is 1.39. The molecule has 0 unspecified atom stereocenters. The van der Waals surface area contributed by atoms with E-state index < -0.39 is 0 Å². The standard InChI is InChI=1S/C23H18FN5O3/c24-15-4-2-14(3-5-15)20-21(28-10-1-11-29(28)22(20)30)17-8-9-25-23(27-17)26-16-6-7-18-19(12-16)32-13-31-18/h2-9,12H,1,10-11,13H2,(H,25,26,27). The van der Waals surface area contributed by atoms with Gasteiger partial charge in [0.15, 0.2) is 11.5 Å². The second-order valence-corrected chi connectivity index (χ2v) is 7.59. The van der Waals surface area contributed by atoms with E-state index in [1.807, 2.05) is 22.9 Å². The van der Waals surface area contributed by atoms with E-state index in [0.29, 0.717) is 53.1 Å². The molecule has 160 valence electrons. The van der Waals surface area contributed by atoms with Crippen LogP contribution in [0.5, 0.6) is 11.5 Å². The normalized spacial score (nSPS) is 13.9. The van der Waals surface area contributed by atoms with Gasteiger partial charge < -0.3 is 14.8 Å². The van der Waals surface area contributed by atoms with Gasteiger partial charge in [-0.3, -0.25) is 9.48 Å². The minimum absolute atomic E-state index is 0.104. The number of rotatable bonds is 4. The van der Waals surface area contributed by atoms with Crippen molar-refractivity contribution in [1.82, 2.24) is 19.3 Å². The molecule has 2 aliphatic heterocycles. The molecule has 0 fully saturated rings. The Hall–Kier alpha value is -4.14. The topological polar surface area (TPSA) is 83.2 Å². The minimum atomic E-state index is -0.348. The van der Waals surface area contributed by atoms with Gasteiger partial charge in [0.1, 0.15) is 5.82 Å². The summed E-state index contributed by atoms with van der Waals surface area (Å²) in [5.41, 5.74) is 3.13. The molecule has 0 saturated heterocycles. The first-order valence-electron chi connectivity index (χ1n) is 10.3. The van der Waals surface area contributed by atoms with Gasteiger partial charge in [0.05, 0.1) is 17.0 Å². The lowest BCUT2D eigenvalue weighted by Crippen LogP contribution is -2.17. The van der Waals surface area contributed by atoms with Gasteiger partial charge in [-0.2, -0.15) is 0 Å². The number of nitrogens with one attached hydrogen (secondary N) is 1. The lowest BCUT2D eigenvalue weighted by Gasteiger charge is -2.10. The third-order valence-corrected chi connectivity index (χ3v) is 5.63. The maximum atomic E-state index is 13.5. The van der Waals surface area contributed by atoms with Crippen molar-refractivity contribution >= 4 is 11.6 Å². The summed E-state index contributed by atoms with van der Waals surface area (Å²) in [7, 11) is 0. The Kier molecular flexibility index (Phi) is 4.20. The largest absolute Gasteiger partial charge is 0.454 e. The second-order valence-electron chi connectivity index (χ2n) is 7.59. The molecule has 0 atom stereocenters. The smallest absolute Gasteiger partial charge is 0.275 e. The van der Waals surface area contributed by atoms with Crippen LogP contribution < -0.4 is 20.3 Å². The van der Waals surface area contributed by atoms with Crippen LogP contribution in [0.3, 0.4) is 0 Å². The average molecular weight is 431 g/mol. The molecule has 2 aromatic heterocycles. The van der Waals surface area contributed by atoms with Crippen LogP contribution in [0.4, 0.5) is 16.0 Å². The van der Waals surface area contributed by atoms with Crippen LogP contribution in [-0.4, -0.2) is 26.1 Å². The molecule has 2 aliphatic rings. The van der Waals surface area contributed by atoms with Gasteiger partial charge in [0.2, 0.25) is 12.7 Å². The molecular weight excluding hydrogens is 413 g/mol. The van der Waals surface area contributed by atoms with Crippen molar-refractivity contribution in [3.63, 3.8) is 0 Å². The molecule has 0 spiro atoms. The Labute approximate surface area is 181 Å². The zero-order valence-corrected chi connectivity index (χ0v) is 16.9. The van der Waals surface area contributed by atoms with Crippen molar-refractivity contribution in [2.45, 2.75) is 19.5 Å². The molecule has 9 heteroatoms. The Balaban J connectivity index is 1.43. The van der Waals surface area contributed by atoms with Gasteiger partial charge in [0.25, 0.3) is 5.56 Å². The Morgan fingerprint density at radius 1 is 0.969 bits per heavy atom. The molecular formula is C23H18FN5O3. The summed E-state index contributed by atoms with van der Waals surface area (Å²) < 4.78 is 27.9. The summed E-state index contributed by atoms with van der Waals surface area (Å²) in [5, 5.41) is 3.18. The molecule has 4 aromatic rings. The number of halogens is 1. The summed E-state index contributed by atoms with van der Waals surface area (Å²) >= 11 is 0. The highest BCUT2D eigenvalue weighted by atomic mass is 19.1. The van der Waals surface area contributed by atoms with Crippen molar-refractivity contribution in [2.24, 2.45) is 0 Å². The van der Waals surface area contributed by atoms with Crippen molar-refractivity contribution in [1.29, 1.82) is 0 Å². The molecule has 8 nitrogen and oxygen atoms in total. The van der Waals surface area contributed by atoms with E-state index in [0.717, 1.165) is 12.1 Å². The minimum Gasteiger partial charge on any atom is -0.454 e. The zero-order chi connectivity index (χ0) is 21.7. The Bertz CT molecular complexity index is 1390. The molecule has 0 radical (unpaired) electrons. The van der Waals surface area contributed by atoms with E-state index in [-0.39, 0.29) is 18.2 Å². The average Bonchev–Trinajstić information content (AvgIpc) is 3.52. The van der Waals surface area contributed by atoms with Crippen LogP contribution in [-0.2, 0) is 13.1 Å². The number of benzene rings is 2. The SMILES string of the molecule is O=c1c(-c2ccc(F)cc2)c(-c2ccnc(Nc3ccc4c(c3)OCO4)n2)n2n1CCC2. The number of hydrogen-bond donors (Lipinski definition) is 1. The first-order valence-corrected chi connectivity index (χ1v) is 10.3. The fraction of sp³-hybridized carbons (Fsp3) is 0.174. The van der Waals surface area contributed by atoms with E-state index >= 15 is 0 Å². The van der Waals surface area contributed by atoms with E-state index in [1.54, 1.807) is 29.1 Å². The number of nitrogens with zero attached hydrogens (tertiary/aromatic N) is 4. The van der Waals surface area contributed by atoms with Gasteiger partial charge in [-0.05, 0) is 42.3 Å². The van der Waals surface area contributed by atoms with Crippen molar-refractivity contribution < 1.29 is 13.9 Å². The predicted molar refractivity (Wildman–Crippen MR) is 116 cm³/mol.